The number of allylic oxidation sites excluding steroid dienone is 4. The van der Waals surface area contributed by atoms with Crippen LogP contribution in [0.2, 0.25) is 0 Å². The maximum Gasteiger partial charge on any atom is 0.349 e. The topological polar surface area (TPSA) is 100 Å². The van der Waals surface area contributed by atoms with E-state index in [4.69, 9.17) is 4.74 Å². The van der Waals surface area contributed by atoms with E-state index < -0.39 is 11.9 Å². The van der Waals surface area contributed by atoms with Crippen molar-refractivity contribution < 1.29 is 19.1 Å². The highest BCUT2D eigenvalue weighted by Gasteiger charge is 2.30. The number of nitrogens with zero attached hydrogens (tertiary/aromatic N) is 2. The van der Waals surface area contributed by atoms with Gasteiger partial charge in [0.2, 0.25) is 0 Å². The van der Waals surface area contributed by atoms with E-state index >= 15 is 0 Å². The molecule has 0 unspecified atom stereocenters. The van der Waals surface area contributed by atoms with Crippen molar-refractivity contribution in [3.05, 3.63) is 33.3 Å². The number of nitriles is 2. The summed E-state index contributed by atoms with van der Waals surface area (Å²) in [5, 5.41) is 18.8. The zero-order chi connectivity index (χ0) is 20.6. The lowest BCUT2D eigenvalue weighted by Gasteiger charge is -2.32. The van der Waals surface area contributed by atoms with Gasteiger partial charge in [0.25, 0.3) is 0 Å². The molecule has 1 aliphatic carbocycles. The van der Waals surface area contributed by atoms with Crippen molar-refractivity contribution in [3.8, 4) is 12.1 Å². The van der Waals surface area contributed by atoms with Gasteiger partial charge in [0, 0.05) is 11.3 Å². The molecule has 0 saturated carbocycles. The van der Waals surface area contributed by atoms with Crippen molar-refractivity contribution in [2.45, 2.75) is 40.0 Å². The van der Waals surface area contributed by atoms with E-state index in [2.05, 4.69) is 4.74 Å². The van der Waals surface area contributed by atoms with Gasteiger partial charge in [0.1, 0.15) is 23.3 Å². The van der Waals surface area contributed by atoms with Crippen LogP contribution in [-0.2, 0) is 19.1 Å². The molecule has 0 aromatic rings. The van der Waals surface area contributed by atoms with Gasteiger partial charge in [-0.3, -0.25) is 0 Å². The first-order chi connectivity index (χ1) is 12.7. The number of carbonyl (C=O) groups is 2. The summed E-state index contributed by atoms with van der Waals surface area (Å²) in [7, 11) is 1.24. The molecule has 7 heteroatoms. The lowest BCUT2D eigenvalue weighted by atomic mass is 9.73. The van der Waals surface area contributed by atoms with E-state index in [9.17, 15) is 20.1 Å². The number of ether oxygens (including phenoxy) is 2. The SMILES string of the molecule is CCOC(=O)C(C#N)=C1C=C(CC(SC)=C(C#N)C(=O)OC)CC(C)(C)C1. The van der Waals surface area contributed by atoms with E-state index in [-0.39, 0.29) is 23.2 Å². The minimum Gasteiger partial charge on any atom is -0.465 e. The normalized spacial score (nSPS) is 18.3. The molecule has 0 atom stereocenters. The molecule has 0 radical (unpaired) electrons. The second-order valence-electron chi connectivity index (χ2n) is 6.84. The Morgan fingerprint density at radius 3 is 2.37 bits per heavy atom. The first-order valence-electron chi connectivity index (χ1n) is 8.48. The third-order valence-corrected chi connectivity index (χ3v) is 4.92. The third-order valence-electron chi connectivity index (χ3n) is 4.08. The Morgan fingerprint density at radius 1 is 1.22 bits per heavy atom. The second-order valence-corrected chi connectivity index (χ2v) is 7.74. The summed E-state index contributed by atoms with van der Waals surface area (Å²) in [5.74, 6) is -1.30. The van der Waals surface area contributed by atoms with Crippen molar-refractivity contribution in [2.75, 3.05) is 20.0 Å². The molecule has 6 nitrogen and oxygen atoms in total. The number of rotatable bonds is 6. The zero-order valence-electron chi connectivity index (χ0n) is 16.3. The van der Waals surface area contributed by atoms with Gasteiger partial charge >= 0.3 is 11.9 Å². The molecule has 0 amide bonds. The number of esters is 2. The molecular weight excluding hydrogens is 364 g/mol. The highest BCUT2D eigenvalue weighted by atomic mass is 32.2. The summed E-state index contributed by atoms with van der Waals surface area (Å²) in [6, 6.07) is 3.87. The molecule has 0 aromatic carbocycles. The second kappa shape index (κ2) is 9.99. The van der Waals surface area contributed by atoms with Gasteiger partial charge in [0.15, 0.2) is 0 Å². The molecule has 0 N–H and O–H groups in total. The first kappa shape index (κ1) is 22.5. The lowest BCUT2D eigenvalue weighted by molar-refractivity contribution is -0.138. The molecule has 144 valence electrons. The van der Waals surface area contributed by atoms with Crippen LogP contribution in [-0.4, -0.2) is 31.9 Å². The van der Waals surface area contributed by atoms with Crippen LogP contribution in [0.15, 0.2) is 33.3 Å². The van der Waals surface area contributed by atoms with E-state index in [1.807, 2.05) is 32.1 Å². The van der Waals surface area contributed by atoms with Gasteiger partial charge < -0.3 is 9.47 Å². The monoisotopic (exact) mass is 388 g/mol. The summed E-state index contributed by atoms with van der Waals surface area (Å²) < 4.78 is 9.67. The summed E-state index contributed by atoms with van der Waals surface area (Å²) in [5.41, 5.74) is 1.38. The van der Waals surface area contributed by atoms with Crippen LogP contribution < -0.4 is 0 Å². The van der Waals surface area contributed by atoms with Gasteiger partial charge in [-0.25, -0.2) is 9.59 Å². The largest absolute Gasteiger partial charge is 0.465 e. The van der Waals surface area contributed by atoms with Crippen molar-refractivity contribution in [1.29, 1.82) is 10.5 Å². The van der Waals surface area contributed by atoms with Crippen molar-refractivity contribution in [2.24, 2.45) is 5.41 Å². The number of carbonyl (C=O) groups excluding carboxylic acids is 2. The van der Waals surface area contributed by atoms with Gasteiger partial charge in [0.05, 0.1) is 13.7 Å². The van der Waals surface area contributed by atoms with E-state index in [0.717, 1.165) is 12.0 Å². The number of thioether (sulfide) groups is 1. The van der Waals surface area contributed by atoms with Crippen LogP contribution in [0.5, 0.6) is 0 Å². The predicted molar refractivity (Wildman–Crippen MR) is 103 cm³/mol. The van der Waals surface area contributed by atoms with Crippen molar-refractivity contribution in [1.82, 2.24) is 0 Å². The van der Waals surface area contributed by atoms with Crippen LogP contribution in [0.25, 0.3) is 0 Å². The minimum atomic E-state index is -0.669. The van der Waals surface area contributed by atoms with E-state index in [0.29, 0.717) is 23.3 Å². The Morgan fingerprint density at radius 2 is 1.89 bits per heavy atom. The molecule has 0 aliphatic heterocycles. The fourth-order valence-corrected chi connectivity index (χ4v) is 3.72. The Labute approximate surface area is 164 Å². The molecular formula is C20H24N2O4S. The highest BCUT2D eigenvalue weighted by molar-refractivity contribution is 8.02. The number of methoxy groups -OCH3 is 1. The van der Waals surface area contributed by atoms with Crippen LogP contribution in [0.3, 0.4) is 0 Å². The molecule has 0 heterocycles. The van der Waals surface area contributed by atoms with Crippen molar-refractivity contribution in [3.63, 3.8) is 0 Å². The van der Waals surface area contributed by atoms with Crippen LogP contribution in [0.4, 0.5) is 0 Å². The standard InChI is InChI=1S/C20H24N2O4S/c1-6-26-19(24)15(11-21)14-7-13(9-20(2,3)10-14)8-17(27-5)16(12-22)18(23)25-4/h7H,6,8-10H2,1-5H3. The minimum absolute atomic E-state index is 0.00489. The third kappa shape index (κ3) is 6.01. The summed E-state index contributed by atoms with van der Waals surface area (Å²) in [4.78, 5) is 24.5. The van der Waals surface area contributed by atoms with Crippen LogP contribution >= 0.6 is 11.8 Å². The predicted octanol–water partition coefficient (Wildman–Crippen LogP) is 3.82. The smallest absolute Gasteiger partial charge is 0.349 e. The van der Waals surface area contributed by atoms with Gasteiger partial charge in [-0.2, -0.15) is 10.5 Å². The first-order valence-corrected chi connectivity index (χ1v) is 9.70. The molecule has 1 aliphatic rings. The summed E-state index contributed by atoms with van der Waals surface area (Å²) in [6.45, 7) is 5.99. The quantitative estimate of drug-likeness (QED) is 0.387. The van der Waals surface area contributed by atoms with Gasteiger partial charge in [-0.05, 0) is 37.0 Å². The zero-order valence-corrected chi connectivity index (χ0v) is 17.2. The average Bonchev–Trinajstić information content (AvgIpc) is 2.60. The van der Waals surface area contributed by atoms with Crippen LogP contribution in [0.1, 0.15) is 40.0 Å². The van der Waals surface area contributed by atoms with Crippen LogP contribution in [0, 0.1) is 28.1 Å². The Bertz CT molecular complexity index is 792. The fourth-order valence-electron chi connectivity index (χ4n) is 3.06. The Hall–Kier alpha value is -2.51. The van der Waals surface area contributed by atoms with Gasteiger partial charge in [-0.1, -0.05) is 25.5 Å². The Balaban J connectivity index is 3.41. The molecule has 0 bridgehead atoms. The summed E-state index contributed by atoms with van der Waals surface area (Å²) >= 11 is 1.31. The summed E-state index contributed by atoms with van der Waals surface area (Å²) in [6.07, 6.45) is 5.29. The van der Waals surface area contributed by atoms with Crippen molar-refractivity contribution >= 4 is 23.7 Å². The molecule has 0 fully saturated rings. The molecule has 0 spiro atoms. The average molecular weight is 388 g/mol. The molecule has 0 saturated heterocycles. The Kier molecular flexibility index (Phi) is 8.33. The van der Waals surface area contributed by atoms with E-state index in [1.165, 1.54) is 18.9 Å². The maximum absolute atomic E-state index is 12.1. The number of hydrogen-bond donors (Lipinski definition) is 0. The maximum atomic E-state index is 12.1. The fraction of sp³-hybridized carbons (Fsp3) is 0.500. The molecule has 1 rings (SSSR count). The molecule has 0 aromatic heterocycles. The highest BCUT2D eigenvalue weighted by Crippen LogP contribution is 2.42. The lowest BCUT2D eigenvalue weighted by Crippen LogP contribution is -2.20. The van der Waals surface area contributed by atoms with E-state index in [1.54, 1.807) is 13.2 Å². The number of hydrogen-bond acceptors (Lipinski definition) is 7. The van der Waals surface area contributed by atoms with Gasteiger partial charge in [-0.15, -0.1) is 11.8 Å². The molecule has 27 heavy (non-hydrogen) atoms.